The Hall–Kier alpha value is -1.40. The molecule has 22 heavy (non-hydrogen) atoms. The molecule has 5 nitrogen and oxygen atoms in total. The summed E-state index contributed by atoms with van der Waals surface area (Å²) in [6, 6.07) is 7.08. The topological polar surface area (TPSA) is 75.4 Å². The Morgan fingerprint density at radius 1 is 1.27 bits per heavy atom. The van der Waals surface area contributed by atoms with Gasteiger partial charge in [0.15, 0.2) is 0 Å². The van der Waals surface area contributed by atoms with Crippen LogP contribution in [0.3, 0.4) is 0 Å². The molecule has 0 heterocycles. The van der Waals surface area contributed by atoms with Crippen LogP contribution in [0.4, 0.5) is 0 Å². The van der Waals surface area contributed by atoms with E-state index in [0.29, 0.717) is 25.2 Å². The van der Waals surface area contributed by atoms with Crippen molar-refractivity contribution >= 4 is 27.7 Å². The summed E-state index contributed by atoms with van der Waals surface area (Å²) in [5.41, 5.74) is 6.14. The van der Waals surface area contributed by atoms with Crippen molar-refractivity contribution in [3.05, 3.63) is 34.3 Å². The Bertz CT molecular complexity index is 515. The van der Waals surface area contributed by atoms with E-state index in [4.69, 9.17) is 5.73 Å². The molecule has 0 saturated heterocycles. The normalized spacial score (nSPS) is 11.1. The highest BCUT2D eigenvalue weighted by Gasteiger charge is 2.20. The Labute approximate surface area is 140 Å². The first-order valence-corrected chi connectivity index (χ1v) is 8.02. The second kappa shape index (κ2) is 8.29. The number of carbonyl (C=O) groups is 2. The maximum absolute atomic E-state index is 12.0. The molecule has 122 valence electrons. The van der Waals surface area contributed by atoms with Crippen LogP contribution in [0.2, 0.25) is 0 Å². The van der Waals surface area contributed by atoms with Crippen molar-refractivity contribution in [3.8, 4) is 0 Å². The number of rotatable bonds is 7. The lowest BCUT2D eigenvalue weighted by Crippen LogP contribution is -2.40. The van der Waals surface area contributed by atoms with E-state index in [1.54, 1.807) is 24.1 Å². The molecule has 2 amide bonds. The van der Waals surface area contributed by atoms with Crippen LogP contribution in [0, 0.1) is 5.41 Å². The highest BCUT2D eigenvalue weighted by atomic mass is 79.9. The SMILES string of the molecule is CN(CC(C)(C)CN)C(=O)CCNC(=O)c1ccc(Br)cc1. The largest absolute Gasteiger partial charge is 0.352 e. The predicted octanol–water partition coefficient (Wildman–Crippen LogP) is 2.01. The summed E-state index contributed by atoms with van der Waals surface area (Å²) >= 11 is 3.32. The zero-order valence-corrected chi connectivity index (χ0v) is 14.9. The summed E-state index contributed by atoms with van der Waals surface area (Å²) in [6.07, 6.45) is 0.277. The Morgan fingerprint density at radius 3 is 2.41 bits per heavy atom. The molecule has 0 saturated carbocycles. The van der Waals surface area contributed by atoms with Crippen molar-refractivity contribution in [2.24, 2.45) is 11.1 Å². The molecule has 0 atom stereocenters. The maximum Gasteiger partial charge on any atom is 0.251 e. The zero-order chi connectivity index (χ0) is 16.8. The van der Waals surface area contributed by atoms with Gasteiger partial charge in [-0.1, -0.05) is 29.8 Å². The van der Waals surface area contributed by atoms with Gasteiger partial charge in [-0.15, -0.1) is 0 Å². The van der Waals surface area contributed by atoms with Crippen molar-refractivity contribution < 1.29 is 9.59 Å². The lowest BCUT2D eigenvalue weighted by molar-refractivity contribution is -0.130. The fourth-order valence-electron chi connectivity index (χ4n) is 1.97. The van der Waals surface area contributed by atoms with E-state index in [0.717, 1.165) is 4.47 Å². The highest BCUT2D eigenvalue weighted by Crippen LogP contribution is 2.14. The summed E-state index contributed by atoms with van der Waals surface area (Å²) in [5, 5.41) is 2.75. The number of nitrogens with zero attached hydrogens (tertiary/aromatic N) is 1. The summed E-state index contributed by atoms with van der Waals surface area (Å²) in [5.74, 6) is -0.178. The molecule has 6 heteroatoms. The van der Waals surface area contributed by atoms with Gasteiger partial charge in [-0.05, 0) is 36.2 Å². The summed E-state index contributed by atoms with van der Waals surface area (Å²) in [4.78, 5) is 25.6. The van der Waals surface area contributed by atoms with Crippen LogP contribution < -0.4 is 11.1 Å². The van der Waals surface area contributed by atoms with Crippen LogP contribution in [0.15, 0.2) is 28.7 Å². The van der Waals surface area contributed by atoms with Gasteiger partial charge >= 0.3 is 0 Å². The molecular weight excluding hydrogens is 346 g/mol. The number of amides is 2. The second-order valence-corrected chi connectivity index (χ2v) is 7.05. The minimum atomic E-state index is -0.176. The summed E-state index contributed by atoms with van der Waals surface area (Å²) < 4.78 is 0.920. The molecule has 0 spiro atoms. The standard InChI is InChI=1S/C16H24BrN3O2/c1-16(2,10-18)11-20(3)14(21)8-9-19-15(22)12-4-6-13(17)7-5-12/h4-7H,8-11,18H2,1-3H3,(H,19,22). The molecule has 1 aromatic carbocycles. The average Bonchev–Trinajstić information content (AvgIpc) is 2.47. The lowest BCUT2D eigenvalue weighted by Gasteiger charge is -2.29. The minimum Gasteiger partial charge on any atom is -0.352 e. The van der Waals surface area contributed by atoms with Gasteiger partial charge in [0.25, 0.3) is 5.91 Å². The number of hydrogen-bond donors (Lipinski definition) is 2. The van der Waals surface area contributed by atoms with Crippen LogP contribution >= 0.6 is 15.9 Å². The van der Waals surface area contributed by atoms with Crippen molar-refractivity contribution in [2.45, 2.75) is 20.3 Å². The summed E-state index contributed by atoms with van der Waals surface area (Å²) in [7, 11) is 1.76. The van der Waals surface area contributed by atoms with Gasteiger partial charge in [0.1, 0.15) is 0 Å². The third-order valence-electron chi connectivity index (χ3n) is 3.37. The van der Waals surface area contributed by atoms with Crippen molar-refractivity contribution in [1.82, 2.24) is 10.2 Å². The lowest BCUT2D eigenvalue weighted by atomic mass is 9.93. The molecule has 0 fully saturated rings. The minimum absolute atomic E-state index is 0.00219. The molecule has 3 N–H and O–H groups in total. The van der Waals surface area contributed by atoms with E-state index in [-0.39, 0.29) is 23.7 Å². The number of carbonyl (C=O) groups excluding carboxylic acids is 2. The highest BCUT2D eigenvalue weighted by molar-refractivity contribution is 9.10. The molecule has 0 unspecified atom stereocenters. The molecule has 1 aromatic rings. The molecule has 0 aliphatic rings. The van der Waals surface area contributed by atoms with Crippen molar-refractivity contribution in [2.75, 3.05) is 26.7 Å². The fourth-order valence-corrected chi connectivity index (χ4v) is 2.24. The molecule has 0 aliphatic heterocycles. The van der Waals surface area contributed by atoms with E-state index in [1.165, 1.54) is 0 Å². The van der Waals surface area contributed by atoms with Gasteiger partial charge in [-0.3, -0.25) is 9.59 Å². The molecular formula is C16H24BrN3O2. The van der Waals surface area contributed by atoms with Gasteiger partial charge in [0, 0.05) is 36.6 Å². The first kappa shape index (κ1) is 18.6. The van der Waals surface area contributed by atoms with E-state index >= 15 is 0 Å². The molecule has 0 aliphatic carbocycles. The Balaban J connectivity index is 2.38. The Kier molecular flexibility index (Phi) is 7.03. The fraction of sp³-hybridized carbons (Fsp3) is 0.500. The third-order valence-corrected chi connectivity index (χ3v) is 3.90. The third kappa shape index (κ3) is 6.15. The van der Waals surface area contributed by atoms with Crippen LogP contribution in [-0.4, -0.2) is 43.4 Å². The first-order chi connectivity index (χ1) is 10.2. The van der Waals surface area contributed by atoms with E-state index < -0.39 is 0 Å². The number of benzene rings is 1. The molecule has 0 aromatic heterocycles. The average molecular weight is 370 g/mol. The quantitative estimate of drug-likeness (QED) is 0.771. The van der Waals surface area contributed by atoms with Gasteiger partial charge < -0.3 is 16.0 Å². The maximum atomic E-state index is 12.0. The molecule has 0 radical (unpaired) electrons. The van der Waals surface area contributed by atoms with Crippen LogP contribution in [0.25, 0.3) is 0 Å². The van der Waals surface area contributed by atoms with Gasteiger partial charge in [-0.25, -0.2) is 0 Å². The monoisotopic (exact) mass is 369 g/mol. The number of halogens is 1. The van der Waals surface area contributed by atoms with E-state index in [1.807, 2.05) is 26.0 Å². The molecule has 0 bridgehead atoms. The van der Waals surface area contributed by atoms with Crippen molar-refractivity contribution in [3.63, 3.8) is 0 Å². The predicted molar refractivity (Wildman–Crippen MR) is 91.6 cm³/mol. The first-order valence-electron chi connectivity index (χ1n) is 7.23. The van der Waals surface area contributed by atoms with Crippen molar-refractivity contribution in [1.29, 1.82) is 0 Å². The van der Waals surface area contributed by atoms with E-state index in [2.05, 4.69) is 21.2 Å². The molecule has 1 rings (SSSR count). The van der Waals surface area contributed by atoms with Gasteiger partial charge in [-0.2, -0.15) is 0 Å². The summed E-state index contributed by atoms with van der Waals surface area (Å²) in [6.45, 7) is 5.48. The smallest absolute Gasteiger partial charge is 0.251 e. The van der Waals surface area contributed by atoms with E-state index in [9.17, 15) is 9.59 Å². The second-order valence-electron chi connectivity index (χ2n) is 6.13. The van der Waals surface area contributed by atoms with Crippen LogP contribution in [-0.2, 0) is 4.79 Å². The number of nitrogens with one attached hydrogen (secondary N) is 1. The zero-order valence-electron chi connectivity index (χ0n) is 13.4. The van der Waals surface area contributed by atoms with Gasteiger partial charge in [0.2, 0.25) is 5.91 Å². The number of nitrogens with two attached hydrogens (primary N) is 1. The van der Waals surface area contributed by atoms with Crippen LogP contribution in [0.5, 0.6) is 0 Å². The van der Waals surface area contributed by atoms with Crippen LogP contribution in [0.1, 0.15) is 30.6 Å². The number of hydrogen-bond acceptors (Lipinski definition) is 3. The van der Waals surface area contributed by atoms with Gasteiger partial charge in [0.05, 0.1) is 0 Å². The Morgan fingerprint density at radius 2 is 1.86 bits per heavy atom.